The summed E-state index contributed by atoms with van der Waals surface area (Å²) in [7, 11) is 0. The zero-order valence-corrected chi connectivity index (χ0v) is 11.6. The Morgan fingerprint density at radius 1 is 1.63 bits per heavy atom. The summed E-state index contributed by atoms with van der Waals surface area (Å²) in [6, 6.07) is 1.44. The van der Waals surface area contributed by atoms with Crippen molar-refractivity contribution in [3.63, 3.8) is 0 Å². The fourth-order valence-corrected chi connectivity index (χ4v) is 1.43. The Balaban J connectivity index is 0.00000324. The van der Waals surface area contributed by atoms with E-state index in [4.69, 9.17) is 0 Å². The first kappa shape index (κ1) is 17.3. The van der Waals surface area contributed by atoms with Gasteiger partial charge in [-0.05, 0) is 18.4 Å². The lowest BCUT2D eigenvalue weighted by atomic mass is 10.3. The average molecular weight is 292 g/mol. The normalized spacial score (nSPS) is 11.5. The number of hydrogen-bond donors (Lipinski definition) is 2. The van der Waals surface area contributed by atoms with Crippen molar-refractivity contribution in [2.24, 2.45) is 0 Å². The van der Waals surface area contributed by atoms with Crippen molar-refractivity contribution in [3.8, 4) is 0 Å². The molecule has 1 aromatic heterocycles. The molecule has 0 radical (unpaired) electrons. The highest BCUT2D eigenvalue weighted by Crippen LogP contribution is 2.04. The van der Waals surface area contributed by atoms with E-state index in [2.05, 4.69) is 15.7 Å². The van der Waals surface area contributed by atoms with Crippen molar-refractivity contribution in [2.75, 3.05) is 13.1 Å². The first-order valence-corrected chi connectivity index (χ1v) is 5.70. The Morgan fingerprint density at radius 3 is 2.84 bits per heavy atom. The predicted octanol–water partition coefficient (Wildman–Crippen LogP) is 0.327. The van der Waals surface area contributed by atoms with E-state index < -0.39 is 4.92 Å². The van der Waals surface area contributed by atoms with E-state index in [1.807, 2.05) is 13.8 Å². The second kappa shape index (κ2) is 8.44. The molecule has 0 aliphatic heterocycles. The maximum atomic E-state index is 11.5. The minimum absolute atomic E-state index is 0. The summed E-state index contributed by atoms with van der Waals surface area (Å²) in [5.74, 6) is -0.485. The van der Waals surface area contributed by atoms with Gasteiger partial charge in [0.05, 0.1) is 17.4 Å². The number of amides is 1. The van der Waals surface area contributed by atoms with Crippen LogP contribution < -0.4 is 10.6 Å². The summed E-state index contributed by atoms with van der Waals surface area (Å²) >= 11 is 0. The first-order valence-electron chi connectivity index (χ1n) is 5.70. The van der Waals surface area contributed by atoms with Crippen molar-refractivity contribution in [2.45, 2.75) is 26.4 Å². The number of halogens is 1. The molecule has 108 valence electrons. The maximum absolute atomic E-state index is 11.5. The van der Waals surface area contributed by atoms with Crippen molar-refractivity contribution in [1.29, 1.82) is 0 Å². The molecule has 8 nitrogen and oxygen atoms in total. The monoisotopic (exact) mass is 291 g/mol. The molecule has 0 aromatic carbocycles. The molecule has 1 aromatic rings. The lowest BCUT2D eigenvalue weighted by molar-refractivity contribution is -0.389. The highest BCUT2D eigenvalue weighted by Gasteiger charge is 2.13. The number of aromatic nitrogens is 2. The number of nitro groups is 1. The van der Waals surface area contributed by atoms with E-state index in [-0.39, 0.29) is 36.7 Å². The van der Waals surface area contributed by atoms with Crippen LogP contribution in [0.5, 0.6) is 0 Å². The van der Waals surface area contributed by atoms with Gasteiger partial charge >= 0.3 is 5.82 Å². The van der Waals surface area contributed by atoms with E-state index in [1.165, 1.54) is 16.9 Å². The van der Waals surface area contributed by atoms with E-state index in [0.29, 0.717) is 6.54 Å². The third kappa shape index (κ3) is 6.16. The van der Waals surface area contributed by atoms with Gasteiger partial charge in [0, 0.05) is 12.6 Å². The summed E-state index contributed by atoms with van der Waals surface area (Å²) in [5.41, 5.74) is 0. The molecule has 2 N–H and O–H groups in total. The zero-order valence-electron chi connectivity index (χ0n) is 10.8. The molecule has 0 bridgehead atoms. The fraction of sp³-hybridized carbons (Fsp3) is 0.600. The Kier molecular flexibility index (Phi) is 7.69. The Morgan fingerprint density at radius 2 is 2.32 bits per heavy atom. The molecule has 0 spiro atoms. The maximum Gasteiger partial charge on any atom is 0.389 e. The van der Waals surface area contributed by atoms with Gasteiger partial charge in [0.25, 0.3) is 0 Å². The number of hydrogen-bond acceptors (Lipinski definition) is 5. The van der Waals surface area contributed by atoms with Crippen LogP contribution in [0.3, 0.4) is 0 Å². The zero-order chi connectivity index (χ0) is 13.5. The summed E-state index contributed by atoms with van der Waals surface area (Å²) in [4.78, 5) is 21.3. The highest BCUT2D eigenvalue weighted by atomic mass is 35.5. The van der Waals surface area contributed by atoms with Crippen molar-refractivity contribution >= 4 is 24.1 Å². The predicted molar refractivity (Wildman–Crippen MR) is 72.3 cm³/mol. The molecule has 9 heteroatoms. The van der Waals surface area contributed by atoms with Crippen molar-refractivity contribution in [3.05, 3.63) is 22.4 Å². The Labute approximate surface area is 117 Å². The molecule has 19 heavy (non-hydrogen) atoms. The second-order valence-corrected chi connectivity index (χ2v) is 3.89. The van der Waals surface area contributed by atoms with Crippen LogP contribution in [0.25, 0.3) is 0 Å². The number of carbonyl (C=O) groups excluding carboxylic acids is 1. The smallest absolute Gasteiger partial charge is 0.358 e. The lowest BCUT2D eigenvalue weighted by Crippen LogP contribution is -2.40. The number of nitrogens with zero attached hydrogens (tertiary/aromatic N) is 3. The van der Waals surface area contributed by atoms with Crippen LogP contribution in [0.1, 0.15) is 13.8 Å². The third-order valence-corrected chi connectivity index (χ3v) is 2.28. The lowest BCUT2D eigenvalue weighted by Gasteiger charge is -2.12. The standard InChI is InChI=1S/C10H17N5O3.ClH/c1-3-11-8(2)6-12-10(16)7-14-5-4-9(13-14)15(17)18;/h4-5,8,11H,3,6-7H2,1-2H3,(H,12,16);1H/t8-;/m1./s1. The minimum Gasteiger partial charge on any atom is -0.358 e. The molecule has 1 heterocycles. The van der Waals surface area contributed by atoms with Gasteiger partial charge in [-0.15, -0.1) is 12.4 Å². The Hall–Kier alpha value is -1.67. The molecule has 0 saturated carbocycles. The summed E-state index contributed by atoms with van der Waals surface area (Å²) in [6.45, 7) is 5.27. The summed E-state index contributed by atoms with van der Waals surface area (Å²) in [5, 5.41) is 19.9. The average Bonchev–Trinajstić information content (AvgIpc) is 2.75. The van der Waals surface area contributed by atoms with Gasteiger partial charge in [-0.2, -0.15) is 4.68 Å². The van der Waals surface area contributed by atoms with Crippen LogP contribution in [0.2, 0.25) is 0 Å². The molecule has 0 saturated heterocycles. The van der Waals surface area contributed by atoms with Gasteiger partial charge in [-0.1, -0.05) is 6.92 Å². The molecular weight excluding hydrogens is 274 g/mol. The molecule has 0 unspecified atom stereocenters. The van der Waals surface area contributed by atoms with Gasteiger partial charge in [-0.25, -0.2) is 0 Å². The largest absolute Gasteiger partial charge is 0.389 e. The molecule has 1 atom stereocenters. The topological polar surface area (TPSA) is 102 Å². The third-order valence-electron chi connectivity index (χ3n) is 2.28. The van der Waals surface area contributed by atoms with Crippen LogP contribution in [-0.2, 0) is 11.3 Å². The van der Waals surface area contributed by atoms with E-state index in [0.717, 1.165) is 6.54 Å². The minimum atomic E-state index is -0.596. The fourth-order valence-electron chi connectivity index (χ4n) is 1.43. The molecular formula is C10H18ClN5O3. The number of nitrogens with one attached hydrogen (secondary N) is 2. The van der Waals surface area contributed by atoms with Crippen molar-refractivity contribution in [1.82, 2.24) is 20.4 Å². The molecule has 0 fully saturated rings. The Bertz CT molecular complexity index is 423. The first-order chi connectivity index (χ1) is 8.52. The molecule has 1 rings (SSSR count). The van der Waals surface area contributed by atoms with Crippen LogP contribution in [0.15, 0.2) is 12.3 Å². The van der Waals surface area contributed by atoms with Gasteiger partial charge in [-0.3, -0.25) is 4.79 Å². The SMILES string of the molecule is CCN[C@H](C)CNC(=O)Cn1ccc([N+](=O)[O-])n1.Cl. The number of carbonyl (C=O) groups is 1. The van der Waals surface area contributed by atoms with Crippen LogP contribution >= 0.6 is 12.4 Å². The molecule has 0 aliphatic rings. The van der Waals surface area contributed by atoms with Gasteiger partial charge in [0.2, 0.25) is 5.91 Å². The molecule has 0 aliphatic carbocycles. The van der Waals surface area contributed by atoms with E-state index in [1.54, 1.807) is 0 Å². The van der Waals surface area contributed by atoms with Gasteiger partial charge in [0.15, 0.2) is 0 Å². The van der Waals surface area contributed by atoms with Crippen LogP contribution in [-0.4, -0.2) is 39.7 Å². The summed E-state index contributed by atoms with van der Waals surface area (Å²) in [6.07, 6.45) is 1.41. The van der Waals surface area contributed by atoms with E-state index >= 15 is 0 Å². The van der Waals surface area contributed by atoms with Gasteiger partial charge < -0.3 is 20.7 Å². The van der Waals surface area contributed by atoms with Crippen molar-refractivity contribution < 1.29 is 9.72 Å². The van der Waals surface area contributed by atoms with E-state index in [9.17, 15) is 14.9 Å². The second-order valence-electron chi connectivity index (χ2n) is 3.89. The number of rotatable bonds is 7. The molecule has 1 amide bonds. The van der Waals surface area contributed by atoms with Crippen LogP contribution in [0.4, 0.5) is 5.82 Å². The summed E-state index contributed by atoms with van der Waals surface area (Å²) < 4.78 is 1.24. The van der Waals surface area contributed by atoms with Crippen LogP contribution in [0, 0.1) is 10.1 Å². The number of likely N-dealkylation sites (N-methyl/N-ethyl adjacent to an activating group) is 1. The highest BCUT2D eigenvalue weighted by molar-refractivity contribution is 5.85. The van der Waals surface area contributed by atoms with Gasteiger partial charge in [0.1, 0.15) is 6.54 Å². The quantitative estimate of drug-likeness (QED) is 0.557.